The number of halogens is 3. The lowest BCUT2D eigenvalue weighted by atomic mass is 10.1. The molecule has 1 aliphatic heterocycles. The van der Waals surface area contributed by atoms with Crippen LogP contribution in [0.3, 0.4) is 0 Å². The molecule has 1 N–H and O–H groups in total. The largest absolute Gasteiger partial charge is 0.497 e. The fourth-order valence-corrected chi connectivity index (χ4v) is 3.74. The summed E-state index contributed by atoms with van der Waals surface area (Å²) < 4.78 is 53.8. The lowest BCUT2D eigenvalue weighted by Crippen LogP contribution is -2.63. The average molecular weight is 497 g/mol. The fraction of sp³-hybridized carbons (Fsp3) is 0.192. The highest BCUT2D eigenvalue weighted by molar-refractivity contribution is 6.16. The Bertz CT molecular complexity index is 1280. The Hall–Kier alpha value is -4.34. The Labute approximate surface area is 205 Å². The number of amides is 2. The van der Waals surface area contributed by atoms with Crippen LogP contribution >= 0.6 is 0 Å². The monoisotopic (exact) mass is 497 g/mol. The first-order valence-electron chi connectivity index (χ1n) is 10.8. The lowest BCUT2D eigenvalue weighted by Gasteiger charge is -2.29. The van der Waals surface area contributed by atoms with E-state index in [2.05, 4.69) is 4.99 Å². The molecule has 4 rings (SSSR count). The van der Waals surface area contributed by atoms with Gasteiger partial charge in [-0.1, -0.05) is 42.5 Å². The number of aliphatic imine (C=N–C) groups is 1. The fourth-order valence-electron chi connectivity index (χ4n) is 3.74. The third-order valence-corrected chi connectivity index (χ3v) is 5.67. The van der Waals surface area contributed by atoms with Crippen LogP contribution in [0.5, 0.6) is 11.5 Å². The molecule has 0 radical (unpaired) electrons. The van der Waals surface area contributed by atoms with Gasteiger partial charge in [-0.05, 0) is 42.0 Å². The number of rotatable bonds is 7. The van der Waals surface area contributed by atoms with Crippen LogP contribution in [0, 0.1) is 0 Å². The van der Waals surface area contributed by atoms with Gasteiger partial charge in [0.15, 0.2) is 0 Å². The van der Waals surface area contributed by atoms with Gasteiger partial charge in [-0.25, -0.2) is 4.99 Å². The van der Waals surface area contributed by atoms with Gasteiger partial charge < -0.3 is 14.8 Å². The molecule has 7 nitrogen and oxygen atoms in total. The van der Waals surface area contributed by atoms with Crippen molar-refractivity contribution in [1.82, 2.24) is 10.2 Å². The third kappa shape index (κ3) is 4.61. The molecular formula is C26H22F3N3O4. The molecule has 1 aliphatic rings. The number of carbonyl (C=O) groups excluding carboxylic acids is 2. The van der Waals surface area contributed by atoms with Gasteiger partial charge in [-0.2, -0.15) is 13.2 Å². The third-order valence-electron chi connectivity index (χ3n) is 5.67. The molecule has 1 atom stereocenters. The van der Waals surface area contributed by atoms with Crippen molar-refractivity contribution < 1.29 is 32.2 Å². The highest BCUT2D eigenvalue weighted by atomic mass is 19.4. The minimum atomic E-state index is -5.22. The van der Waals surface area contributed by atoms with Crippen molar-refractivity contribution in [3.8, 4) is 11.5 Å². The molecule has 3 aromatic carbocycles. The van der Waals surface area contributed by atoms with E-state index < -0.39 is 23.7 Å². The number of nitrogens with one attached hydrogen (secondary N) is 1. The van der Waals surface area contributed by atoms with Gasteiger partial charge >= 0.3 is 11.8 Å². The normalized spacial score (nSPS) is 17.5. The van der Waals surface area contributed by atoms with Crippen LogP contribution < -0.4 is 14.8 Å². The molecule has 0 unspecified atom stereocenters. The number of methoxy groups -OCH3 is 2. The van der Waals surface area contributed by atoms with Crippen molar-refractivity contribution in [2.24, 2.45) is 4.99 Å². The smallest absolute Gasteiger partial charge is 0.442 e. The summed E-state index contributed by atoms with van der Waals surface area (Å²) in [6, 6.07) is 20.0. The molecule has 36 heavy (non-hydrogen) atoms. The second kappa shape index (κ2) is 9.73. The molecule has 0 bridgehead atoms. The first-order chi connectivity index (χ1) is 17.2. The molecule has 0 saturated heterocycles. The lowest BCUT2D eigenvalue weighted by molar-refractivity contribution is -0.196. The molecular weight excluding hydrogens is 475 g/mol. The topological polar surface area (TPSA) is 80.2 Å². The van der Waals surface area contributed by atoms with Gasteiger partial charge in [-0.15, -0.1) is 0 Å². The van der Waals surface area contributed by atoms with Gasteiger partial charge in [0, 0.05) is 11.1 Å². The molecule has 1 heterocycles. The van der Waals surface area contributed by atoms with Crippen LogP contribution in [-0.2, 0) is 11.3 Å². The van der Waals surface area contributed by atoms with E-state index in [9.17, 15) is 22.8 Å². The molecule has 2 amide bonds. The number of amidine groups is 1. The predicted molar refractivity (Wildman–Crippen MR) is 126 cm³/mol. The Kier molecular flexibility index (Phi) is 6.69. The Balaban J connectivity index is 1.76. The number of nitrogens with zero attached hydrogens (tertiary/aromatic N) is 2. The minimum absolute atomic E-state index is 0.0858. The molecule has 0 fully saturated rings. The number of hydrogen-bond donors (Lipinski definition) is 1. The number of ether oxygens (including phenoxy) is 2. The zero-order valence-electron chi connectivity index (χ0n) is 19.4. The molecule has 0 spiro atoms. The average Bonchev–Trinajstić information content (AvgIpc) is 3.17. The molecule has 3 aromatic rings. The van der Waals surface area contributed by atoms with E-state index in [1.807, 2.05) is 5.32 Å². The summed E-state index contributed by atoms with van der Waals surface area (Å²) in [7, 11) is 2.91. The van der Waals surface area contributed by atoms with Crippen molar-refractivity contribution in [3.05, 3.63) is 95.6 Å². The summed E-state index contributed by atoms with van der Waals surface area (Å²) in [6.07, 6.45) is -5.22. The minimum Gasteiger partial charge on any atom is -0.497 e. The first kappa shape index (κ1) is 24.8. The summed E-state index contributed by atoms with van der Waals surface area (Å²) in [5.74, 6) is -1.75. The maximum Gasteiger partial charge on any atom is 0.442 e. The van der Waals surface area contributed by atoms with Crippen molar-refractivity contribution in [1.29, 1.82) is 0 Å². The van der Waals surface area contributed by atoms with Gasteiger partial charge in [-0.3, -0.25) is 14.5 Å². The number of hydrogen-bond acceptors (Lipinski definition) is 5. The zero-order valence-corrected chi connectivity index (χ0v) is 19.4. The Morgan fingerprint density at radius 1 is 0.917 bits per heavy atom. The first-order valence-corrected chi connectivity index (χ1v) is 10.8. The van der Waals surface area contributed by atoms with Crippen LogP contribution in [0.4, 0.5) is 13.2 Å². The van der Waals surface area contributed by atoms with Crippen LogP contribution in [-0.4, -0.2) is 48.6 Å². The predicted octanol–water partition coefficient (Wildman–Crippen LogP) is 4.18. The second-order valence-electron chi connectivity index (χ2n) is 7.93. The number of benzene rings is 3. The summed E-state index contributed by atoms with van der Waals surface area (Å²) >= 11 is 0. The molecule has 0 aromatic heterocycles. The highest BCUT2D eigenvalue weighted by Crippen LogP contribution is 2.39. The van der Waals surface area contributed by atoms with E-state index in [0.717, 1.165) is 4.90 Å². The van der Waals surface area contributed by atoms with Crippen LogP contribution in [0.25, 0.3) is 0 Å². The van der Waals surface area contributed by atoms with Crippen LogP contribution in [0.2, 0.25) is 0 Å². The highest BCUT2D eigenvalue weighted by Gasteiger charge is 2.67. The molecule has 0 aliphatic carbocycles. The van der Waals surface area contributed by atoms with Crippen molar-refractivity contribution in [2.45, 2.75) is 18.4 Å². The summed E-state index contributed by atoms with van der Waals surface area (Å²) in [5.41, 5.74) is -2.74. The van der Waals surface area contributed by atoms with Gasteiger partial charge in [0.05, 0.1) is 20.8 Å². The SMILES string of the molecule is COc1ccc(CN2C(=O)[C@](NC(=O)c3ccc(OC)cc3)(C(F)(F)F)N=C2c2ccccc2)cc1. The van der Waals surface area contributed by atoms with E-state index in [0.29, 0.717) is 22.6 Å². The van der Waals surface area contributed by atoms with Gasteiger partial charge in [0.2, 0.25) is 0 Å². The maximum absolute atomic E-state index is 14.6. The van der Waals surface area contributed by atoms with Gasteiger partial charge in [0.1, 0.15) is 17.3 Å². The summed E-state index contributed by atoms with van der Waals surface area (Å²) in [4.78, 5) is 31.1. The van der Waals surface area contributed by atoms with Gasteiger partial charge in [0.25, 0.3) is 11.8 Å². The summed E-state index contributed by atoms with van der Waals surface area (Å²) in [5, 5.41) is 1.87. The van der Waals surface area contributed by atoms with E-state index in [4.69, 9.17) is 9.47 Å². The zero-order chi connectivity index (χ0) is 25.9. The van der Waals surface area contributed by atoms with E-state index >= 15 is 0 Å². The molecule has 0 saturated carbocycles. The van der Waals surface area contributed by atoms with E-state index in [1.54, 1.807) is 54.6 Å². The van der Waals surface area contributed by atoms with E-state index in [-0.39, 0.29) is 17.9 Å². The van der Waals surface area contributed by atoms with Crippen molar-refractivity contribution in [2.75, 3.05) is 14.2 Å². The standard InChI is InChI=1S/C26H22F3N3O4/c1-35-20-12-8-17(9-13-20)16-32-22(18-6-4-3-5-7-18)30-25(24(32)34,26(27,28)29)31-23(33)19-10-14-21(36-2)15-11-19/h3-15H,16H2,1-2H3,(H,31,33)/t25-/m0/s1. The Morgan fingerprint density at radius 3 is 2.00 bits per heavy atom. The number of carbonyl (C=O) groups is 2. The van der Waals surface area contributed by atoms with E-state index in [1.165, 1.54) is 38.5 Å². The molecule has 10 heteroatoms. The van der Waals surface area contributed by atoms with Crippen LogP contribution in [0.15, 0.2) is 83.9 Å². The maximum atomic E-state index is 14.6. The van der Waals surface area contributed by atoms with Crippen molar-refractivity contribution >= 4 is 17.6 Å². The Morgan fingerprint density at radius 2 is 1.47 bits per heavy atom. The second-order valence-corrected chi connectivity index (χ2v) is 7.93. The van der Waals surface area contributed by atoms with Crippen molar-refractivity contribution in [3.63, 3.8) is 0 Å². The molecule has 186 valence electrons. The summed E-state index contributed by atoms with van der Waals surface area (Å²) in [6.45, 7) is -0.202. The van der Waals surface area contributed by atoms with Crippen LogP contribution in [0.1, 0.15) is 21.5 Å². The number of alkyl halides is 3. The quantitative estimate of drug-likeness (QED) is 0.531.